The zero-order valence-electron chi connectivity index (χ0n) is 16.0. The van der Waals surface area contributed by atoms with Gasteiger partial charge in [-0.3, -0.25) is 9.59 Å². The van der Waals surface area contributed by atoms with Gasteiger partial charge in [-0.05, 0) is 55.0 Å². The fourth-order valence-corrected chi connectivity index (χ4v) is 4.35. The number of aliphatic hydroxyl groups is 1. The molecular weight excluding hydrogens is 374 g/mol. The third kappa shape index (κ3) is 2.84. The second-order valence-electron chi connectivity index (χ2n) is 7.03. The van der Waals surface area contributed by atoms with Crippen LogP contribution in [0.25, 0.3) is 11.0 Å². The summed E-state index contributed by atoms with van der Waals surface area (Å²) in [6.07, 6.45) is 1.99. The molecule has 0 fully saturated rings. The average Bonchev–Trinajstić information content (AvgIpc) is 2.96. The number of rotatable bonds is 4. The quantitative estimate of drug-likeness (QED) is 0.683. The van der Waals surface area contributed by atoms with Crippen LogP contribution in [0.15, 0.2) is 50.5 Å². The maximum absolute atomic E-state index is 13.4. The summed E-state index contributed by atoms with van der Waals surface area (Å²) >= 11 is 1.62. The smallest absolute Gasteiger partial charge is 0.290 e. The molecule has 28 heavy (non-hydrogen) atoms. The lowest BCUT2D eigenvalue weighted by Gasteiger charge is -2.24. The minimum Gasteiger partial charge on any atom is -0.450 e. The van der Waals surface area contributed by atoms with E-state index in [1.165, 1.54) is 4.90 Å². The van der Waals surface area contributed by atoms with Crippen molar-refractivity contribution >= 4 is 28.6 Å². The number of aryl methyl sites for hydroxylation is 2. The predicted octanol–water partition coefficient (Wildman–Crippen LogP) is 3.67. The van der Waals surface area contributed by atoms with Gasteiger partial charge in [-0.2, -0.15) is 0 Å². The number of amides is 1. The predicted molar refractivity (Wildman–Crippen MR) is 110 cm³/mol. The highest BCUT2D eigenvalue weighted by molar-refractivity contribution is 7.98. The summed E-state index contributed by atoms with van der Waals surface area (Å²) in [7, 11) is 0. The number of hydrogen-bond acceptors (Lipinski definition) is 5. The molecule has 1 atom stereocenters. The molecular formula is C22H21NO4S. The number of benzene rings is 2. The summed E-state index contributed by atoms with van der Waals surface area (Å²) in [6, 6.07) is 11.0. The summed E-state index contributed by atoms with van der Waals surface area (Å²) in [6.45, 7) is 3.74. The summed E-state index contributed by atoms with van der Waals surface area (Å²) < 4.78 is 5.98. The van der Waals surface area contributed by atoms with E-state index in [4.69, 9.17) is 4.42 Å². The number of thioether (sulfide) groups is 1. The van der Waals surface area contributed by atoms with E-state index in [2.05, 4.69) is 0 Å². The average molecular weight is 395 g/mol. The molecule has 1 amide bonds. The van der Waals surface area contributed by atoms with Crippen molar-refractivity contribution in [1.82, 2.24) is 4.90 Å². The fraction of sp³-hybridized carbons (Fsp3) is 0.273. The molecule has 0 bridgehead atoms. The first kappa shape index (κ1) is 18.8. The Morgan fingerprint density at radius 2 is 1.86 bits per heavy atom. The van der Waals surface area contributed by atoms with Crippen LogP contribution in [0.5, 0.6) is 0 Å². The van der Waals surface area contributed by atoms with Gasteiger partial charge in [-0.25, -0.2) is 0 Å². The number of β-amino-alcohol motifs (C(OH)–C–C–N with tert-alkyl or cyclic N) is 1. The Hall–Kier alpha value is -2.57. The van der Waals surface area contributed by atoms with Crippen LogP contribution in [0.1, 0.15) is 38.9 Å². The van der Waals surface area contributed by atoms with E-state index in [9.17, 15) is 14.7 Å². The topological polar surface area (TPSA) is 70.8 Å². The van der Waals surface area contributed by atoms with E-state index in [1.807, 2.05) is 56.5 Å². The van der Waals surface area contributed by atoms with Gasteiger partial charge < -0.3 is 14.4 Å². The fourth-order valence-electron chi connectivity index (χ4n) is 3.95. The van der Waals surface area contributed by atoms with Crippen molar-refractivity contribution in [2.75, 3.05) is 19.4 Å². The Bertz CT molecular complexity index is 1130. The van der Waals surface area contributed by atoms with Gasteiger partial charge in [-0.1, -0.05) is 18.2 Å². The SMILES string of the molecule is CSc1ccc([C@H]2c3c(oc4c(C)cc(C)cc4c3=O)C(=O)N2CCO)cc1. The number of carbonyl (C=O) groups excluding carboxylic acids is 1. The minimum absolute atomic E-state index is 0.0804. The Kier molecular flexibility index (Phi) is 4.77. The van der Waals surface area contributed by atoms with Gasteiger partial charge in [0.1, 0.15) is 5.58 Å². The van der Waals surface area contributed by atoms with Crippen LogP contribution < -0.4 is 5.43 Å². The van der Waals surface area contributed by atoms with E-state index in [-0.39, 0.29) is 30.2 Å². The van der Waals surface area contributed by atoms with Crippen molar-refractivity contribution in [3.63, 3.8) is 0 Å². The normalized spacial score (nSPS) is 16.1. The van der Waals surface area contributed by atoms with Gasteiger partial charge in [0.25, 0.3) is 5.91 Å². The van der Waals surface area contributed by atoms with Gasteiger partial charge in [0.05, 0.1) is 23.6 Å². The number of nitrogens with zero attached hydrogens (tertiary/aromatic N) is 1. The summed E-state index contributed by atoms with van der Waals surface area (Å²) in [5.41, 5.74) is 3.24. The number of hydrogen-bond donors (Lipinski definition) is 1. The zero-order chi connectivity index (χ0) is 20.0. The molecule has 6 heteroatoms. The van der Waals surface area contributed by atoms with E-state index >= 15 is 0 Å². The van der Waals surface area contributed by atoms with Crippen molar-refractivity contribution in [3.8, 4) is 0 Å². The molecule has 1 N–H and O–H groups in total. The molecule has 2 aromatic carbocycles. The van der Waals surface area contributed by atoms with Crippen LogP contribution in [-0.4, -0.2) is 35.3 Å². The molecule has 0 spiro atoms. The molecule has 144 valence electrons. The van der Waals surface area contributed by atoms with Crippen LogP contribution in [0.3, 0.4) is 0 Å². The molecule has 5 nitrogen and oxygen atoms in total. The van der Waals surface area contributed by atoms with Crippen molar-refractivity contribution in [3.05, 3.63) is 74.6 Å². The van der Waals surface area contributed by atoms with E-state index in [0.717, 1.165) is 21.6 Å². The Labute approximate surface area is 167 Å². The van der Waals surface area contributed by atoms with Crippen molar-refractivity contribution < 1.29 is 14.3 Å². The molecule has 0 aliphatic carbocycles. The van der Waals surface area contributed by atoms with Crippen LogP contribution in [0, 0.1) is 13.8 Å². The molecule has 0 saturated heterocycles. The molecule has 4 rings (SSSR count). The highest BCUT2D eigenvalue weighted by Crippen LogP contribution is 2.38. The van der Waals surface area contributed by atoms with Crippen LogP contribution in [0.2, 0.25) is 0 Å². The van der Waals surface area contributed by atoms with E-state index < -0.39 is 6.04 Å². The Morgan fingerprint density at radius 3 is 2.50 bits per heavy atom. The highest BCUT2D eigenvalue weighted by Gasteiger charge is 2.42. The molecule has 3 aromatic rings. The van der Waals surface area contributed by atoms with Crippen molar-refractivity contribution in [2.24, 2.45) is 0 Å². The molecule has 0 saturated carbocycles. The largest absolute Gasteiger partial charge is 0.450 e. The number of fused-ring (bicyclic) bond motifs is 2. The maximum Gasteiger partial charge on any atom is 0.290 e. The molecule has 0 radical (unpaired) electrons. The van der Waals surface area contributed by atoms with Gasteiger partial charge in [0.2, 0.25) is 5.76 Å². The van der Waals surface area contributed by atoms with Gasteiger partial charge >= 0.3 is 0 Å². The van der Waals surface area contributed by atoms with Gasteiger partial charge in [0, 0.05) is 11.4 Å². The Morgan fingerprint density at radius 1 is 1.14 bits per heavy atom. The number of carbonyl (C=O) groups is 1. The Balaban J connectivity index is 2.00. The zero-order valence-corrected chi connectivity index (χ0v) is 16.8. The first-order chi connectivity index (χ1) is 13.5. The summed E-state index contributed by atoms with van der Waals surface area (Å²) in [4.78, 5) is 29.1. The molecule has 2 heterocycles. The highest BCUT2D eigenvalue weighted by atomic mass is 32.2. The summed E-state index contributed by atoms with van der Waals surface area (Å²) in [5, 5.41) is 9.99. The third-order valence-corrected chi connectivity index (χ3v) is 5.91. The molecule has 0 unspecified atom stereocenters. The first-order valence-corrected chi connectivity index (χ1v) is 10.3. The second kappa shape index (κ2) is 7.11. The lowest BCUT2D eigenvalue weighted by atomic mass is 9.97. The van der Waals surface area contributed by atoms with E-state index in [1.54, 1.807) is 11.8 Å². The standard InChI is InChI=1S/C22H21NO4S/c1-12-10-13(2)20-16(11-12)19(25)17-18(14-4-6-15(28-3)7-5-14)23(8-9-24)22(26)21(17)27-20/h4-7,10-11,18,24H,8-9H2,1-3H3/t18-/m0/s1. The van der Waals surface area contributed by atoms with Crippen molar-refractivity contribution in [2.45, 2.75) is 24.8 Å². The lowest BCUT2D eigenvalue weighted by Crippen LogP contribution is -2.32. The summed E-state index contributed by atoms with van der Waals surface area (Å²) in [5.74, 6) is -0.279. The minimum atomic E-state index is -0.563. The van der Waals surface area contributed by atoms with Crippen molar-refractivity contribution in [1.29, 1.82) is 0 Å². The third-order valence-electron chi connectivity index (χ3n) is 5.17. The lowest BCUT2D eigenvalue weighted by molar-refractivity contribution is 0.0691. The molecule has 1 aromatic heterocycles. The van der Waals surface area contributed by atoms with E-state index in [0.29, 0.717) is 16.5 Å². The van der Waals surface area contributed by atoms with Crippen LogP contribution in [0.4, 0.5) is 0 Å². The molecule has 1 aliphatic heterocycles. The van der Waals surface area contributed by atoms with Gasteiger partial charge in [-0.15, -0.1) is 11.8 Å². The van der Waals surface area contributed by atoms with Crippen LogP contribution in [-0.2, 0) is 0 Å². The van der Waals surface area contributed by atoms with Crippen LogP contribution >= 0.6 is 11.8 Å². The first-order valence-electron chi connectivity index (χ1n) is 9.10. The monoisotopic (exact) mass is 395 g/mol. The molecule has 1 aliphatic rings. The number of aliphatic hydroxyl groups excluding tert-OH is 1. The maximum atomic E-state index is 13.4. The van der Waals surface area contributed by atoms with Gasteiger partial charge in [0.15, 0.2) is 5.43 Å². The second-order valence-corrected chi connectivity index (χ2v) is 7.91.